The van der Waals surface area contributed by atoms with E-state index in [1.807, 2.05) is 36.4 Å². The number of fused-ring (bicyclic) bond motifs is 1. The first kappa shape index (κ1) is 16.8. The van der Waals surface area contributed by atoms with Crippen LogP contribution in [0.3, 0.4) is 0 Å². The standard InChI is InChI=1S/C21H17N3O3/c25-24(26)21-13-23(15-22-21)12-16-6-9-20(10-7-16)27-14-17-5-8-18-3-1-2-4-19(18)11-17/h1-11,13,15H,12,14H2. The number of nitro groups is 1. The van der Waals surface area contributed by atoms with Gasteiger partial charge in [0.1, 0.15) is 18.6 Å². The van der Waals surface area contributed by atoms with Gasteiger partial charge in [-0.25, -0.2) is 0 Å². The second kappa shape index (κ2) is 7.29. The van der Waals surface area contributed by atoms with Gasteiger partial charge in [-0.05, 0) is 50.0 Å². The van der Waals surface area contributed by atoms with Crippen molar-refractivity contribution in [3.63, 3.8) is 0 Å². The maximum absolute atomic E-state index is 10.7. The average Bonchev–Trinajstić information content (AvgIpc) is 3.16. The summed E-state index contributed by atoms with van der Waals surface area (Å²) in [5.74, 6) is 0.633. The summed E-state index contributed by atoms with van der Waals surface area (Å²) in [6.45, 7) is 1.02. The summed E-state index contributed by atoms with van der Waals surface area (Å²) in [6.07, 6.45) is 2.88. The van der Waals surface area contributed by atoms with Gasteiger partial charge in [0.15, 0.2) is 0 Å². The van der Waals surface area contributed by atoms with Crippen molar-refractivity contribution in [3.8, 4) is 5.75 Å². The molecular weight excluding hydrogens is 342 g/mol. The Labute approximate surface area is 155 Å². The number of hydrogen-bond donors (Lipinski definition) is 0. The molecule has 0 spiro atoms. The number of aromatic nitrogens is 2. The lowest BCUT2D eigenvalue weighted by molar-refractivity contribution is -0.389. The Hall–Kier alpha value is -3.67. The van der Waals surface area contributed by atoms with Crippen LogP contribution in [0.5, 0.6) is 5.75 Å². The predicted molar refractivity (Wildman–Crippen MR) is 103 cm³/mol. The van der Waals surface area contributed by atoms with Gasteiger partial charge in [0.25, 0.3) is 0 Å². The quantitative estimate of drug-likeness (QED) is 0.373. The molecule has 0 fully saturated rings. The first-order valence-corrected chi connectivity index (χ1v) is 8.53. The summed E-state index contributed by atoms with van der Waals surface area (Å²) in [7, 11) is 0. The minimum absolute atomic E-state index is 0.148. The van der Waals surface area contributed by atoms with Gasteiger partial charge in [0, 0.05) is 0 Å². The summed E-state index contributed by atoms with van der Waals surface area (Å²) in [6, 6.07) is 22.2. The van der Waals surface area contributed by atoms with Crippen LogP contribution in [0, 0.1) is 10.1 Å². The van der Waals surface area contributed by atoms with E-state index in [9.17, 15) is 10.1 Å². The zero-order valence-corrected chi connectivity index (χ0v) is 14.5. The summed E-state index contributed by atoms with van der Waals surface area (Å²) in [5.41, 5.74) is 2.13. The highest BCUT2D eigenvalue weighted by Crippen LogP contribution is 2.19. The molecule has 6 heteroatoms. The van der Waals surface area contributed by atoms with Gasteiger partial charge in [-0.3, -0.25) is 0 Å². The molecule has 0 amide bonds. The minimum Gasteiger partial charge on any atom is -0.489 e. The van der Waals surface area contributed by atoms with Gasteiger partial charge in [-0.2, -0.15) is 0 Å². The Morgan fingerprint density at radius 3 is 2.44 bits per heavy atom. The van der Waals surface area contributed by atoms with Gasteiger partial charge < -0.3 is 19.4 Å². The lowest BCUT2D eigenvalue weighted by Crippen LogP contribution is -1.98. The Balaban J connectivity index is 1.38. The van der Waals surface area contributed by atoms with Crippen LogP contribution in [0.15, 0.2) is 79.3 Å². The van der Waals surface area contributed by atoms with E-state index in [4.69, 9.17) is 4.74 Å². The van der Waals surface area contributed by atoms with E-state index in [-0.39, 0.29) is 5.82 Å². The predicted octanol–water partition coefficient (Wildman–Crippen LogP) is 4.57. The molecule has 1 heterocycles. The normalized spacial score (nSPS) is 10.8. The van der Waals surface area contributed by atoms with Crippen LogP contribution < -0.4 is 4.74 Å². The van der Waals surface area contributed by atoms with Crippen molar-refractivity contribution < 1.29 is 9.66 Å². The average molecular weight is 359 g/mol. The highest BCUT2D eigenvalue weighted by molar-refractivity contribution is 5.82. The molecule has 4 rings (SSSR count). The number of hydrogen-bond acceptors (Lipinski definition) is 4. The summed E-state index contributed by atoms with van der Waals surface area (Å²) in [5, 5.41) is 13.1. The summed E-state index contributed by atoms with van der Waals surface area (Å²) >= 11 is 0. The number of rotatable bonds is 6. The van der Waals surface area contributed by atoms with Crippen molar-refractivity contribution >= 4 is 16.6 Å². The fourth-order valence-electron chi connectivity index (χ4n) is 2.93. The van der Waals surface area contributed by atoms with Crippen molar-refractivity contribution in [1.82, 2.24) is 9.55 Å². The van der Waals surface area contributed by atoms with Crippen LogP contribution in [0.25, 0.3) is 10.8 Å². The molecule has 0 radical (unpaired) electrons. The van der Waals surface area contributed by atoms with Crippen LogP contribution in [0.2, 0.25) is 0 Å². The molecule has 6 nitrogen and oxygen atoms in total. The molecule has 0 N–H and O–H groups in total. The first-order chi connectivity index (χ1) is 13.2. The maximum atomic E-state index is 10.7. The van der Waals surface area contributed by atoms with Gasteiger partial charge in [-0.1, -0.05) is 48.5 Å². The monoisotopic (exact) mass is 359 g/mol. The van der Waals surface area contributed by atoms with Crippen LogP contribution in [-0.2, 0) is 13.2 Å². The highest BCUT2D eigenvalue weighted by Gasteiger charge is 2.09. The van der Waals surface area contributed by atoms with Gasteiger partial charge in [-0.15, -0.1) is 0 Å². The maximum Gasteiger partial charge on any atom is 0.381 e. The van der Waals surface area contributed by atoms with Crippen LogP contribution in [0.4, 0.5) is 5.82 Å². The van der Waals surface area contributed by atoms with E-state index < -0.39 is 4.92 Å². The Morgan fingerprint density at radius 2 is 1.70 bits per heavy atom. The molecular formula is C21H17N3O3. The van der Waals surface area contributed by atoms with Crippen LogP contribution in [0.1, 0.15) is 11.1 Å². The van der Waals surface area contributed by atoms with E-state index in [1.165, 1.54) is 23.3 Å². The van der Waals surface area contributed by atoms with E-state index in [0.29, 0.717) is 13.2 Å². The van der Waals surface area contributed by atoms with Gasteiger partial charge in [0.05, 0.1) is 6.54 Å². The summed E-state index contributed by atoms with van der Waals surface area (Å²) in [4.78, 5) is 13.9. The fraction of sp³-hybridized carbons (Fsp3) is 0.0952. The summed E-state index contributed by atoms with van der Waals surface area (Å²) < 4.78 is 7.56. The van der Waals surface area contributed by atoms with Gasteiger partial charge in [0.2, 0.25) is 6.33 Å². The van der Waals surface area contributed by atoms with Gasteiger partial charge >= 0.3 is 5.82 Å². The number of benzene rings is 3. The zero-order chi connectivity index (χ0) is 18.6. The third-order valence-corrected chi connectivity index (χ3v) is 4.31. The zero-order valence-electron chi connectivity index (χ0n) is 14.5. The molecule has 1 aromatic heterocycles. The largest absolute Gasteiger partial charge is 0.489 e. The lowest BCUT2D eigenvalue weighted by atomic mass is 10.1. The molecule has 0 unspecified atom stereocenters. The van der Waals surface area contributed by atoms with Crippen molar-refractivity contribution in [1.29, 1.82) is 0 Å². The third-order valence-electron chi connectivity index (χ3n) is 4.31. The molecule has 0 aliphatic rings. The molecule has 27 heavy (non-hydrogen) atoms. The molecule has 4 aromatic rings. The molecule has 0 aliphatic heterocycles. The Morgan fingerprint density at radius 1 is 0.963 bits per heavy atom. The molecule has 134 valence electrons. The van der Waals surface area contributed by atoms with Crippen molar-refractivity contribution in [2.75, 3.05) is 0 Å². The number of ether oxygens (including phenoxy) is 1. The fourth-order valence-corrected chi connectivity index (χ4v) is 2.93. The van der Waals surface area contributed by atoms with E-state index in [1.54, 1.807) is 4.57 Å². The third kappa shape index (κ3) is 3.95. The molecule has 0 aliphatic carbocycles. The Kier molecular flexibility index (Phi) is 4.53. The number of imidazole rings is 1. The lowest BCUT2D eigenvalue weighted by Gasteiger charge is -2.08. The van der Waals surface area contributed by atoms with Crippen molar-refractivity contribution in [2.24, 2.45) is 0 Å². The molecule has 0 atom stereocenters. The molecule has 0 saturated carbocycles. The number of nitrogens with zero attached hydrogens (tertiary/aromatic N) is 3. The SMILES string of the molecule is O=[N+]([O-])c1cn(Cc2ccc(OCc3ccc4ccccc4c3)cc2)cn1. The van der Waals surface area contributed by atoms with Crippen LogP contribution >= 0.6 is 0 Å². The van der Waals surface area contributed by atoms with Crippen molar-refractivity contribution in [2.45, 2.75) is 13.2 Å². The first-order valence-electron chi connectivity index (χ1n) is 8.53. The molecule has 0 saturated heterocycles. The smallest absolute Gasteiger partial charge is 0.381 e. The van der Waals surface area contributed by atoms with E-state index >= 15 is 0 Å². The van der Waals surface area contributed by atoms with E-state index in [0.717, 1.165) is 16.9 Å². The van der Waals surface area contributed by atoms with Crippen LogP contribution in [-0.4, -0.2) is 14.5 Å². The van der Waals surface area contributed by atoms with E-state index in [2.05, 4.69) is 35.3 Å². The second-order valence-electron chi connectivity index (χ2n) is 6.28. The second-order valence-corrected chi connectivity index (χ2v) is 6.28. The minimum atomic E-state index is -0.500. The highest BCUT2D eigenvalue weighted by atomic mass is 16.6. The topological polar surface area (TPSA) is 70.2 Å². The van der Waals surface area contributed by atoms with Crippen molar-refractivity contribution in [3.05, 3.63) is 100 Å². The Bertz CT molecular complexity index is 1090. The molecule has 0 bridgehead atoms. The molecule has 3 aromatic carbocycles.